The maximum Gasteiger partial charge on any atom is 0.161 e. The van der Waals surface area contributed by atoms with Crippen molar-refractivity contribution < 1.29 is 24.5 Å². The second-order valence-corrected chi connectivity index (χ2v) is 10.7. The fourth-order valence-electron chi connectivity index (χ4n) is 5.01. The quantitative estimate of drug-likeness (QED) is 0.352. The lowest BCUT2D eigenvalue weighted by molar-refractivity contribution is -0.131. The Bertz CT molecular complexity index is 950. The largest absolute Gasteiger partial charge is 0.508 e. The Morgan fingerprint density at radius 1 is 1.21 bits per heavy atom. The van der Waals surface area contributed by atoms with E-state index >= 15 is 0 Å². The predicted octanol–water partition coefficient (Wildman–Crippen LogP) is 5.64. The number of phenolic OH excluding ortho intramolecular Hbond substituents is 1. The summed E-state index contributed by atoms with van der Waals surface area (Å²) in [5, 5.41) is 19.9. The van der Waals surface area contributed by atoms with Crippen molar-refractivity contribution in [2.45, 2.75) is 85.7 Å². The van der Waals surface area contributed by atoms with Gasteiger partial charge in [0.1, 0.15) is 17.3 Å². The van der Waals surface area contributed by atoms with Crippen molar-refractivity contribution >= 4 is 11.6 Å². The molecule has 2 atom stereocenters. The van der Waals surface area contributed by atoms with Gasteiger partial charge in [-0.2, -0.15) is 0 Å². The van der Waals surface area contributed by atoms with Gasteiger partial charge in [-0.05, 0) is 76.1 Å². The van der Waals surface area contributed by atoms with Crippen LogP contribution in [0.15, 0.2) is 35.9 Å². The molecule has 1 aliphatic rings. The summed E-state index contributed by atoms with van der Waals surface area (Å²) < 4.78 is 5.47. The van der Waals surface area contributed by atoms with Gasteiger partial charge in [0.25, 0.3) is 0 Å². The molecule has 1 aromatic carbocycles. The van der Waals surface area contributed by atoms with Crippen molar-refractivity contribution in [2.24, 2.45) is 10.8 Å². The van der Waals surface area contributed by atoms with Crippen LogP contribution in [0.25, 0.3) is 0 Å². The van der Waals surface area contributed by atoms with Crippen LogP contribution in [-0.4, -0.2) is 34.5 Å². The summed E-state index contributed by atoms with van der Waals surface area (Å²) >= 11 is 0. The minimum Gasteiger partial charge on any atom is -0.508 e. The van der Waals surface area contributed by atoms with Crippen molar-refractivity contribution in [3.63, 3.8) is 0 Å². The van der Waals surface area contributed by atoms with Gasteiger partial charge in [-0.1, -0.05) is 38.0 Å². The van der Waals surface area contributed by atoms with E-state index in [4.69, 9.17) is 4.74 Å². The molecule has 1 aliphatic carbocycles. The number of methoxy groups -OCH3 is 1. The molecule has 5 nitrogen and oxygen atoms in total. The van der Waals surface area contributed by atoms with Gasteiger partial charge in [0, 0.05) is 23.8 Å². The standard InChI is InChI=1S/C28H40O5/c1-19(9-10-21-17-22(29)16-20(2)25(21)33-7)15-23(30)18-27(5)12-8-13-28(27,6)24(31)11-14-26(3,4)32/h9,11,14,16-17,29,32H,8,10,12-13,15,18H2,1-7H3. The number of ketones is 2. The molecule has 0 aliphatic heterocycles. The van der Waals surface area contributed by atoms with Crippen LogP contribution in [0.5, 0.6) is 11.5 Å². The summed E-state index contributed by atoms with van der Waals surface area (Å²) in [5.74, 6) is 1.05. The van der Waals surface area contributed by atoms with Crippen molar-refractivity contribution in [2.75, 3.05) is 7.11 Å². The van der Waals surface area contributed by atoms with Gasteiger partial charge in [-0.25, -0.2) is 0 Å². The molecule has 2 N–H and O–H groups in total. The molecule has 2 rings (SSSR count). The monoisotopic (exact) mass is 456 g/mol. The van der Waals surface area contributed by atoms with E-state index in [1.54, 1.807) is 33.1 Å². The number of aryl methyl sites for hydroxylation is 1. The smallest absolute Gasteiger partial charge is 0.161 e. The third-order valence-corrected chi connectivity index (χ3v) is 7.20. The summed E-state index contributed by atoms with van der Waals surface area (Å²) in [7, 11) is 1.61. The molecule has 1 fully saturated rings. The van der Waals surface area contributed by atoms with E-state index < -0.39 is 16.4 Å². The Morgan fingerprint density at radius 3 is 2.48 bits per heavy atom. The molecule has 1 saturated carbocycles. The molecule has 5 heteroatoms. The van der Waals surface area contributed by atoms with E-state index in [1.807, 2.05) is 33.8 Å². The summed E-state index contributed by atoms with van der Waals surface area (Å²) in [4.78, 5) is 26.1. The number of hydrogen-bond acceptors (Lipinski definition) is 5. The first-order valence-electron chi connectivity index (χ1n) is 11.7. The molecule has 2 unspecified atom stereocenters. The topological polar surface area (TPSA) is 83.8 Å². The van der Waals surface area contributed by atoms with E-state index in [2.05, 4.69) is 0 Å². The second kappa shape index (κ2) is 10.3. The molecule has 0 radical (unpaired) electrons. The van der Waals surface area contributed by atoms with Crippen LogP contribution >= 0.6 is 0 Å². The Kier molecular flexibility index (Phi) is 8.34. The lowest BCUT2D eigenvalue weighted by Gasteiger charge is -2.39. The number of rotatable bonds is 10. The summed E-state index contributed by atoms with van der Waals surface area (Å²) in [6.45, 7) is 11.1. The molecule has 0 saturated heterocycles. The minimum atomic E-state index is -1.05. The fourth-order valence-corrected chi connectivity index (χ4v) is 5.01. The number of carbonyl (C=O) groups is 2. The number of phenols is 1. The molecule has 1 aromatic rings. The lowest BCUT2D eigenvalue weighted by Crippen LogP contribution is -2.40. The van der Waals surface area contributed by atoms with E-state index in [9.17, 15) is 19.8 Å². The van der Waals surface area contributed by atoms with E-state index in [1.165, 1.54) is 12.2 Å². The van der Waals surface area contributed by atoms with Crippen LogP contribution in [0.3, 0.4) is 0 Å². The van der Waals surface area contributed by atoms with Gasteiger partial charge in [-0.3, -0.25) is 9.59 Å². The molecule has 182 valence electrons. The number of benzene rings is 1. The minimum absolute atomic E-state index is 0.0176. The number of hydrogen-bond donors (Lipinski definition) is 2. The van der Waals surface area contributed by atoms with Crippen molar-refractivity contribution in [1.29, 1.82) is 0 Å². The Morgan fingerprint density at radius 2 is 1.88 bits per heavy atom. The molecule has 0 amide bonds. The SMILES string of the molecule is COc1c(C)cc(O)cc1CC=C(C)CC(=O)CC1(C)CCCC1(C)C(=O)C=CC(C)(C)O. The first-order valence-corrected chi connectivity index (χ1v) is 11.7. The predicted molar refractivity (Wildman–Crippen MR) is 132 cm³/mol. The van der Waals surface area contributed by atoms with Crippen LogP contribution in [0.2, 0.25) is 0 Å². The highest BCUT2D eigenvalue weighted by molar-refractivity contribution is 5.96. The van der Waals surface area contributed by atoms with Gasteiger partial charge in [0.05, 0.1) is 12.7 Å². The molecule has 0 spiro atoms. The number of allylic oxidation sites excluding steroid dienone is 3. The zero-order chi connectivity index (χ0) is 25.0. The first kappa shape index (κ1) is 26.8. The number of carbonyl (C=O) groups excluding carboxylic acids is 2. The van der Waals surface area contributed by atoms with Gasteiger partial charge in [0.2, 0.25) is 0 Å². The normalized spacial score (nSPS) is 23.8. The Balaban J connectivity index is 2.10. The summed E-state index contributed by atoms with van der Waals surface area (Å²) in [5.41, 5.74) is 0.633. The zero-order valence-corrected chi connectivity index (χ0v) is 21.2. The van der Waals surface area contributed by atoms with E-state index in [-0.39, 0.29) is 17.3 Å². The van der Waals surface area contributed by atoms with Crippen molar-refractivity contribution in [1.82, 2.24) is 0 Å². The molecular weight excluding hydrogens is 416 g/mol. The Hall–Kier alpha value is -2.40. The van der Waals surface area contributed by atoms with E-state index in [0.717, 1.165) is 41.7 Å². The summed E-state index contributed by atoms with van der Waals surface area (Å²) in [6.07, 6.45) is 8.76. The third-order valence-electron chi connectivity index (χ3n) is 7.20. The first-order chi connectivity index (χ1) is 15.2. The van der Waals surface area contributed by atoms with Crippen molar-refractivity contribution in [3.05, 3.63) is 47.1 Å². The molecule has 0 bridgehead atoms. The van der Waals surface area contributed by atoms with E-state index in [0.29, 0.717) is 19.3 Å². The molecule has 0 aromatic heterocycles. The molecule has 0 heterocycles. The maximum absolute atomic E-state index is 13.1. The van der Waals surface area contributed by atoms with Gasteiger partial charge >= 0.3 is 0 Å². The highest BCUT2D eigenvalue weighted by atomic mass is 16.5. The van der Waals surface area contributed by atoms with Gasteiger partial charge < -0.3 is 14.9 Å². The highest BCUT2D eigenvalue weighted by Crippen LogP contribution is 2.55. The fraction of sp³-hybridized carbons (Fsp3) is 0.571. The lowest BCUT2D eigenvalue weighted by atomic mass is 9.63. The Labute approximate surface area is 198 Å². The second-order valence-electron chi connectivity index (χ2n) is 10.7. The van der Waals surface area contributed by atoms with Crippen LogP contribution in [0, 0.1) is 17.8 Å². The number of aromatic hydroxyl groups is 1. The highest BCUT2D eigenvalue weighted by Gasteiger charge is 2.52. The number of ether oxygens (including phenoxy) is 1. The summed E-state index contributed by atoms with van der Waals surface area (Å²) in [6, 6.07) is 3.36. The van der Waals surface area contributed by atoms with Crippen molar-refractivity contribution in [3.8, 4) is 11.5 Å². The van der Waals surface area contributed by atoms with Crippen LogP contribution in [0.4, 0.5) is 0 Å². The average molecular weight is 457 g/mol. The van der Waals surface area contributed by atoms with Crippen LogP contribution < -0.4 is 4.74 Å². The molecular formula is C28H40O5. The van der Waals surface area contributed by atoms with Crippen LogP contribution in [-0.2, 0) is 16.0 Å². The van der Waals surface area contributed by atoms with Gasteiger partial charge in [0.15, 0.2) is 5.78 Å². The molecule has 33 heavy (non-hydrogen) atoms. The number of Topliss-reactive ketones (excluding diaryl/α,β-unsaturated/α-hetero) is 1. The average Bonchev–Trinajstić information content (AvgIpc) is 2.98. The van der Waals surface area contributed by atoms with Crippen LogP contribution in [0.1, 0.15) is 77.8 Å². The maximum atomic E-state index is 13.1. The third kappa shape index (κ3) is 6.57. The number of aliphatic hydroxyl groups is 1. The van der Waals surface area contributed by atoms with Gasteiger partial charge in [-0.15, -0.1) is 0 Å². The zero-order valence-electron chi connectivity index (χ0n) is 21.2.